The van der Waals surface area contributed by atoms with E-state index in [0.29, 0.717) is 38.5 Å². The molecule has 0 amide bonds. The predicted molar refractivity (Wildman–Crippen MR) is 261 cm³/mol. The Morgan fingerprint density at radius 1 is 0.544 bits per heavy atom. The van der Waals surface area contributed by atoms with Crippen LogP contribution in [0.5, 0.6) is 0 Å². The third-order valence-corrected chi connectivity index (χ3v) is 11.8. The quantitative estimate of drug-likeness (QED) is 0.00953. The average Bonchev–Trinajstić information content (AvgIpc) is 3.29. The molecule has 0 aromatic heterocycles. The number of ether oxygens (including phenoxy) is 2. The third-order valence-electron chi connectivity index (χ3n) is 10.3. The molecule has 1 aliphatic rings. The fraction of sp³-hybridized carbons (Fsp3) is 0.633. The Bertz CT molecular complexity index is 1700. The Morgan fingerprint density at radius 3 is 1.54 bits per heavy atom. The van der Waals surface area contributed by atoms with Crippen LogP contribution in [0.1, 0.15) is 136 Å². The van der Waals surface area contributed by atoms with Crippen molar-refractivity contribution in [3.63, 3.8) is 0 Å². The number of carbonyl (C=O) groups is 2. The van der Waals surface area contributed by atoms with E-state index in [2.05, 4.69) is 41.8 Å². The van der Waals surface area contributed by atoms with Gasteiger partial charge in [0.05, 0.1) is 12.7 Å². The molecule has 0 aliphatic heterocycles. The number of aliphatic hydroxyl groups is 5. The van der Waals surface area contributed by atoms with E-state index in [1.807, 2.05) is 67.7 Å². The van der Waals surface area contributed by atoms with Crippen molar-refractivity contribution in [3.8, 4) is 0 Å². The van der Waals surface area contributed by atoms with Crippen molar-refractivity contribution < 1.29 is 82.0 Å². The number of allylic oxidation sites excluding steroid dienone is 15. The highest BCUT2D eigenvalue weighted by molar-refractivity contribution is 7.47. The van der Waals surface area contributed by atoms with Crippen molar-refractivity contribution in [3.05, 3.63) is 97.2 Å². The van der Waals surface area contributed by atoms with Crippen LogP contribution in [0.2, 0.25) is 0 Å². The highest BCUT2D eigenvalue weighted by atomic mass is 31.2. The number of aliphatic hydroxyl groups excluding tert-OH is 5. The van der Waals surface area contributed by atoms with Gasteiger partial charge in [0.25, 0.3) is 0 Å². The van der Waals surface area contributed by atoms with Crippen LogP contribution >= 0.6 is 15.6 Å². The Kier molecular flexibility index (Phi) is 35.7. The number of rotatable bonds is 38. The zero-order valence-electron chi connectivity index (χ0n) is 39.9. The highest BCUT2D eigenvalue weighted by Crippen LogP contribution is 2.49. The molecule has 1 rings (SSSR count). The lowest BCUT2D eigenvalue weighted by molar-refractivity contribution is -0.216. The Morgan fingerprint density at radius 2 is 1.01 bits per heavy atom. The molecule has 1 aliphatic carbocycles. The molecular weight excluding hydrogens is 922 g/mol. The minimum atomic E-state index is -5.38. The van der Waals surface area contributed by atoms with Gasteiger partial charge >= 0.3 is 27.6 Å². The van der Waals surface area contributed by atoms with Gasteiger partial charge in [-0.3, -0.25) is 23.2 Å². The first kappa shape index (κ1) is 62.9. The van der Waals surface area contributed by atoms with Crippen molar-refractivity contribution in [2.45, 2.75) is 185 Å². The van der Waals surface area contributed by atoms with Gasteiger partial charge in [-0.15, -0.1) is 0 Å². The zero-order valence-corrected chi connectivity index (χ0v) is 41.6. The van der Waals surface area contributed by atoms with Crippen LogP contribution < -0.4 is 0 Å². The normalized spacial score (nSPS) is 22.6. The summed E-state index contributed by atoms with van der Waals surface area (Å²) >= 11 is 0. The monoisotopic (exact) mass is 1000 g/mol. The summed E-state index contributed by atoms with van der Waals surface area (Å²) in [5.74, 6) is -1.36. The number of carbonyl (C=O) groups excluding carboxylic acids is 2. The number of hydrogen-bond donors (Lipinski definition) is 8. The smallest absolute Gasteiger partial charge is 0.462 e. The minimum Gasteiger partial charge on any atom is -0.462 e. The Balaban J connectivity index is 2.68. The second-order valence-electron chi connectivity index (χ2n) is 16.3. The third kappa shape index (κ3) is 32.6. The van der Waals surface area contributed by atoms with E-state index in [-0.39, 0.29) is 12.8 Å². The molecule has 1 fully saturated rings. The molecular formula is C49H80O17P2. The van der Waals surface area contributed by atoms with E-state index < -0.39 is 89.6 Å². The van der Waals surface area contributed by atoms with Gasteiger partial charge in [-0.05, 0) is 77.0 Å². The summed E-state index contributed by atoms with van der Waals surface area (Å²) in [6.07, 6.45) is 31.8. The molecule has 0 saturated heterocycles. The van der Waals surface area contributed by atoms with Crippen LogP contribution in [-0.2, 0) is 41.8 Å². The molecule has 8 N–H and O–H groups in total. The van der Waals surface area contributed by atoms with Crippen molar-refractivity contribution in [1.29, 1.82) is 0 Å². The molecule has 0 aromatic carbocycles. The molecule has 9 atom stereocenters. The van der Waals surface area contributed by atoms with Gasteiger partial charge in [0, 0.05) is 12.8 Å². The second kappa shape index (κ2) is 38.6. The number of phosphoric acid groups is 2. The van der Waals surface area contributed by atoms with E-state index in [0.717, 1.165) is 32.1 Å². The number of unbranched alkanes of at least 4 members (excludes halogenated alkanes) is 8. The van der Waals surface area contributed by atoms with Gasteiger partial charge in [0.15, 0.2) is 6.10 Å². The van der Waals surface area contributed by atoms with Crippen LogP contribution in [0.25, 0.3) is 0 Å². The molecule has 388 valence electrons. The maximum absolute atomic E-state index is 13.0. The van der Waals surface area contributed by atoms with Crippen molar-refractivity contribution in [1.82, 2.24) is 0 Å². The SMILES string of the molecule is CCCCCCCC/C=C\C/C=C\C/C=C\CCCC(=O)OC[C@H](COP(=O)(O)O[C@H]1C(O)C(O)C(O)[C@@H](OP(=O)(O)O)C1O)OC(=O)CCC/C=C\C/C=C\C/C=C\C/C=C\C=C\[C@H](O)CC. The number of esters is 2. The fourth-order valence-corrected chi connectivity index (χ4v) is 7.98. The van der Waals surface area contributed by atoms with Gasteiger partial charge in [-0.1, -0.05) is 143 Å². The van der Waals surface area contributed by atoms with Crippen LogP contribution in [0.3, 0.4) is 0 Å². The lowest BCUT2D eigenvalue weighted by Gasteiger charge is -2.43. The lowest BCUT2D eigenvalue weighted by Crippen LogP contribution is -2.64. The molecule has 0 spiro atoms. The lowest BCUT2D eigenvalue weighted by atomic mass is 9.85. The summed E-state index contributed by atoms with van der Waals surface area (Å²) in [5, 5.41) is 50.7. The van der Waals surface area contributed by atoms with Crippen molar-refractivity contribution in [2.75, 3.05) is 13.2 Å². The van der Waals surface area contributed by atoms with Gasteiger partial charge in [0.2, 0.25) is 0 Å². The summed E-state index contributed by atoms with van der Waals surface area (Å²) in [4.78, 5) is 54.2. The molecule has 5 unspecified atom stereocenters. The van der Waals surface area contributed by atoms with Crippen LogP contribution in [0, 0.1) is 0 Å². The van der Waals surface area contributed by atoms with Gasteiger partial charge < -0.3 is 49.7 Å². The highest BCUT2D eigenvalue weighted by Gasteiger charge is 2.54. The van der Waals surface area contributed by atoms with Gasteiger partial charge in [-0.25, -0.2) is 9.13 Å². The predicted octanol–water partition coefficient (Wildman–Crippen LogP) is 8.14. The average molecular weight is 1000 g/mol. The molecule has 1 saturated carbocycles. The largest absolute Gasteiger partial charge is 0.472 e. The van der Waals surface area contributed by atoms with E-state index >= 15 is 0 Å². The fourth-order valence-electron chi connectivity index (χ4n) is 6.44. The molecule has 17 nitrogen and oxygen atoms in total. The molecule has 0 heterocycles. The van der Waals surface area contributed by atoms with Crippen molar-refractivity contribution >= 4 is 27.6 Å². The number of phosphoric ester groups is 2. The summed E-state index contributed by atoms with van der Waals surface area (Å²) in [6, 6.07) is 0. The van der Waals surface area contributed by atoms with Crippen LogP contribution in [-0.4, -0.2) is 114 Å². The van der Waals surface area contributed by atoms with Crippen LogP contribution in [0.4, 0.5) is 0 Å². The second-order valence-corrected chi connectivity index (χ2v) is 18.9. The van der Waals surface area contributed by atoms with Crippen LogP contribution in [0.15, 0.2) is 97.2 Å². The Hall–Kier alpha value is -3.12. The summed E-state index contributed by atoms with van der Waals surface area (Å²) in [6.45, 7) is 2.67. The first-order chi connectivity index (χ1) is 32.5. The maximum atomic E-state index is 13.0. The van der Waals surface area contributed by atoms with Gasteiger partial charge in [0.1, 0.15) is 43.2 Å². The summed E-state index contributed by atoms with van der Waals surface area (Å²) in [7, 11) is -10.7. The molecule has 0 radical (unpaired) electrons. The first-order valence-corrected chi connectivity index (χ1v) is 26.9. The summed E-state index contributed by atoms with van der Waals surface area (Å²) < 4.78 is 49.2. The zero-order chi connectivity index (χ0) is 50.5. The first-order valence-electron chi connectivity index (χ1n) is 23.9. The molecule has 0 bridgehead atoms. The standard InChI is InChI=1S/C49H80O17P2/c1-3-5-6-7-8-9-10-11-12-13-14-18-21-24-27-30-33-36-42(51)62-38-41(39-63-68(60,61)66-49-46(55)44(53)45(54)48(47(49)56)65-67(57,58)59)64-43(52)37-34-31-28-25-22-19-16-15-17-20-23-26-29-32-35-40(50)4-2/h11-12,14,16-20,24-29,32,35,40-41,44-50,53-56H,3-10,13,15,21-23,30-31,33-34,36-39H2,1-2H3,(H,60,61)(H2,57,58,59)/b12-11-,18-14-,19-16-,20-17-,27-24-,28-25-,29-26-,35-32+/t40-,41-,44?,45?,46?,47?,48-,49+/m1/s1. The molecule has 68 heavy (non-hydrogen) atoms. The van der Waals surface area contributed by atoms with E-state index in [1.54, 1.807) is 6.08 Å². The topological polar surface area (TPSA) is 276 Å². The molecule has 19 heteroatoms. The van der Waals surface area contributed by atoms with Crippen molar-refractivity contribution in [2.24, 2.45) is 0 Å². The summed E-state index contributed by atoms with van der Waals surface area (Å²) in [5.41, 5.74) is 0. The van der Waals surface area contributed by atoms with E-state index in [4.69, 9.17) is 18.5 Å². The Labute approximate surface area is 403 Å². The minimum absolute atomic E-state index is 0.0241. The maximum Gasteiger partial charge on any atom is 0.472 e. The number of hydrogen-bond acceptors (Lipinski definition) is 14. The van der Waals surface area contributed by atoms with Gasteiger partial charge in [-0.2, -0.15) is 0 Å². The van der Waals surface area contributed by atoms with E-state index in [9.17, 15) is 58.9 Å². The van der Waals surface area contributed by atoms with E-state index in [1.165, 1.54) is 38.5 Å². The molecule has 0 aromatic rings.